The molecule has 0 saturated heterocycles. The Bertz CT molecular complexity index is 638. The van der Waals surface area contributed by atoms with Crippen molar-refractivity contribution in [3.8, 4) is 0 Å². The second kappa shape index (κ2) is 10.4. The molecule has 1 saturated carbocycles. The molecule has 1 fully saturated rings. The molecule has 0 aliphatic heterocycles. The smallest absolute Gasteiger partial charge is 0.210 e. The third kappa shape index (κ3) is 5.33. The summed E-state index contributed by atoms with van der Waals surface area (Å²) < 4.78 is 26.2. The Labute approximate surface area is 170 Å². The second-order valence-electron chi connectivity index (χ2n) is 8.91. The summed E-state index contributed by atoms with van der Waals surface area (Å²) in [5.74, 6) is 0.180. The van der Waals surface area contributed by atoms with Gasteiger partial charge in [0.05, 0.1) is 0 Å². The lowest BCUT2D eigenvalue weighted by molar-refractivity contribution is 0.0280. The molecule has 0 amide bonds. The first-order valence-corrected chi connectivity index (χ1v) is 11.4. The number of allylic oxidation sites excluding steroid dienone is 4. The Morgan fingerprint density at radius 1 is 0.964 bits per heavy atom. The van der Waals surface area contributed by atoms with Crippen LogP contribution in [0.3, 0.4) is 0 Å². The quantitative estimate of drug-likeness (QED) is 0.373. The molecule has 0 bridgehead atoms. The van der Waals surface area contributed by atoms with Crippen LogP contribution in [0, 0.1) is 17.3 Å². The number of alkyl halides is 2. The third-order valence-corrected chi connectivity index (χ3v) is 7.09. The minimum Gasteiger partial charge on any atom is -0.210 e. The van der Waals surface area contributed by atoms with Crippen molar-refractivity contribution in [2.24, 2.45) is 17.3 Å². The summed E-state index contributed by atoms with van der Waals surface area (Å²) >= 11 is 0. The van der Waals surface area contributed by atoms with Crippen LogP contribution in [0.1, 0.15) is 83.1 Å². The van der Waals surface area contributed by atoms with Gasteiger partial charge in [0.1, 0.15) is 0 Å². The molecule has 2 heteroatoms. The summed E-state index contributed by atoms with van der Waals surface area (Å²) in [7, 11) is 0. The SMILES string of the molecule is CCCCCCCC1(C2CCC(C(F)F)CC2)C=CC(c2ccccc2)=CC1. The summed E-state index contributed by atoms with van der Waals surface area (Å²) in [6.45, 7) is 2.25. The number of hydrogen-bond acceptors (Lipinski definition) is 0. The lowest BCUT2D eigenvalue weighted by Crippen LogP contribution is -2.34. The molecule has 154 valence electrons. The normalized spacial score (nSPS) is 27.8. The van der Waals surface area contributed by atoms with Crippen LogP contribution in [0.4, 0.5) is 8.78 Å². The van der Waals surface area contributed by atoms with Crippen molar-refractivity contribution in [1.82, 2.24) is 0 Å². The van der Waals surface area contributed by atoms with E-state index in [1.165, 1.54) is 49.7 Å². The standard InChI is InChI=1S/C26H36F2/c1-2-3-4-5-9-18-26(24-14-12-23(13-15-24)25(27)28)19-16-22(17-20-26)21-10-7-6-8-11-21/h6-8,10-11,16-17,19,23-25H,2-5,9,12-15,18,20H2,1H3. The molecule has 1 atom stereocenters. The minimum atomic E-state index is -2.14. The van der Waals surface area contributed by atoms with E-state index >= 15 is 0 Å². The summed E-state index contributed by atoms with van der Waals surface area (Å²) in [5, 5.41) is 0. The minimum absolute atomic E-state index is 0.178. The van der Waals surface area contributed by atoms with Crippen LogP contribution < -0.4 is 0 Å². The molecule has 0 spiro atoms. The number of benzene rings is 1. The van der Waals surface area contributed by atoms with E-state index < -0.39 is 6.43 Å². The van der Waals surface area contributed by atoms with Crippen LogP contribution >= 0.6 is 0 Å². The maximum Gasteiger partial charge on any atom is 0.241 e. The molecule has 0 aromatic heterocycles. The van der Waals surface area contributed by atoms with Crippen molar-refractivity contribution in [2.75, 3.05) is 0 Å². The highest BCUT2D eigenvalue weighted by Crippen LogP contribution is 2.50. The molecule has 0 nitrogen and oxygen atoms in total. The Kier molecular flexibility index (Phi) is 7.88. The van der Waals surface area contributed by atoms with Crippen LogP contribution in [0.2, 0.25) is 0 Å². The van der Waals surface area contributed by atoms with Crippen molar-refractivity contribution in [3.05, 3.63) is 54.1 Å². The van der Waals surface area contributed by atoms with Crippen LogP contribution in [0.25, 0.3) is 5.57 Å². The summed E-state index contributed by atoms with van der Waals surface area (Å²) in [5.41, 5.74) is 2.76. The Balaban J connectivity index is 1.68. The average molecular weight is 387 g/mol. The van der Waals surface area contributed by atoms with Gasteiger partial charge in [-0.3, -0.25) is 0 Å². The van der Waals surface area contributed by atoms with Gasteiger partial charge in [-0.1, -0.05) is 87.6 Å². The largest absolute Gasteiger partial charge is 0.241 e. The maximum atomic E-state index is 13.1. The van der Waals surface area contributed by atoms with Gasteiger partial charge in [-0.25, -0.2) is 8.78 Å². The Hall–Kier alpha value is -1.44. The number of hydrogen-bond donors (Lipinski definition) is 0. The highest BCUT2D eigenvalue weighted by atomic mass is 19.3. The van der Waals surface area contributed by atoms with E-state index in [-0.39, 0.29) is 11.3 Å². The first-order valence-electron chi connectivity index (χ1n) is 11.4. The van der Waals surface area contributed by atoms with E-state index in [0.29, 0.717) is 18.8 Å². The predicted molar refractivity (Wildman–Crippen MR) is 115 cm³/mol. The molecular weight excluding hydrogens is 350 g/mol. The van der Waals surface area contributed by atoms with Gasteiger partial charge in [0.25, 0.3) is 0 Å². The van der Waals surface area contributed by atoms with Crippen molar-refractivity contribution in [3.63, 3.8) is 0 Å². The highest BCUT2D eigenvalue weighted by molar-refractivity contribution is 5.75. The second-order valence-corrected chi connectivity index (χ2v) is 8.91. The summed E-state index contributed by atoms with van der Waals surface area (Å²) in [6, 6.07) is 10.6. The zero-order valence-electron chi connectivity index (χ0n) is 17.4. The van der Waals surface area contributed by atoms with Crippen LogP contribution in [-0.4, -0.2) is 6.43 Å². The highest BCUT2D eigenvalue weighted by Gasteiger charge is 2.40. The van der Waals surface area contributed by atoms with E-state index in [1.54, 1.807) is 0 Å². The van der Waals surface area contributed by atoms with Crippen molar-refractivity contribution in [2.45, 2.75) is 84.0 Å². The molecule has 3 rings (SSSR count). The molecule has 1 aromatic carbocycles. The van der Waals surface area contributed by atoms with Crippen molar-refractivity contribution in [1.29, 1.82) is 0 Å². The number of halogens is 2. The molecule has 0 radical (unpaired) electrons. The van der Waals surface area contributed by atoms with Gasteiger partial charge in [-0.15, -0.1) is 0 Å². The number of rotatable bonds is 9. The van der Waals surface area contributed by atoms with Gasteiger partial charge in [0.2, 0.25) is 6.43 Å². The van der Waals surface area contributed by atoms with Crippen molar-refractivity contribution >= 4 is 5.57 Å². The van der Waals surface area contributed by atoms with Gasteiger partial charge in [0, 0.05) is 5.92 Å². The van der Waals surface area contributed by atoms with E-state index in [0.717, 1.165) is 19.3 Å². The first kappa shape index (κ1) is 21.3. The number of unbranched alkanes of at least 4 members (excludes halogenated alkanes) is 4. The average Bonchev–Trinajstić information content (AvgIpc) is 2.75. The molecule has 0 heterocycles. The Morgan fingerprint density at radius 2 is 1.68 bits per heavy atom. The van der Waals surface area contributed by atoms with Gasteiger partial charge < -0.3 is 0 Å². The predicted octanol–water partition coefficient (Wildman–Crippen LogP) is 8.45. The zero-order valence-corrected chi connectivity index (χ0v) is 17.4. The van der Waals surface area contributed by atoms with E-state index in [4.69, 9.17) is 0 Å². The fourth-order valence-corrected chi connectivity index (χ4v) is 5.23. The fourth-order valence-electron chi connectivity index (χ4n) is 5.23. The molecule has 2 aliphatic carbocycles. The van der Waals surface area contributed by atoms with Gasteiger partial charge >= 0.3 is 0 Å². The molecular formula is C26H36F2. The van der Waals surface area contributed by atoms with Gasteiger partial charge in [-0.05, 0) is 61.0 Å². The lowest BCUT2D eigenvalue weighted by Gasteiger charge is -2.43. The fraction of sp³-hybridized carbons (Fsp3) is 0.615. The van der Waals surface area contributed by atoms with Gasteiger partial charge in [0.15, 0.2) is 0 Å². The van der Waals surface area contributed by atoms with E-state index in [9.17, 15) is 8.78 Å². The third-order valence-electron chi connectivity index (χ3n) is 7.09. The van der Waals surface area contributed by atoms with Crippen LogP contribution in [-0.2, 0) is 0 Å². The van der Waals surface area contributed by atoms with E-state index in [1.807, 2.05) is 0 Å². The topological polar surface area (TPSA) is 0 Å². The van der Waals surface area contributed by atoms with Crippen LogP contribution in [0.5, 0.6) is 0 Å². The molecule has 1 aromatic rings. The monoisotopic (exact) mass is 386 g/mol. The first-order chi connectivity index (χ1) is 13.6. The molecule has 1 unspecified atom stereocenters. The molecule has 0 N–H and O–H groups in total. The van der Waals surface area contributed by atoms with Gasteiger partial charge in [-0.2, -0.15) is 0 Å². The van der Waals surface area contributed by atoms with Crippen molar-refractivity contribution < 1.29 is 8.78 Å². The maximum absolute atomic E-state index is 13.1. The van der Waals surface area contributed by atoms with Crippen LogP contribution in [0.15, 0.2) is 48.6 Å². The molecule has 28 heavy (non-hydrogen) atoms. The molecule has 2 aliphatic rings. The Morgan fingerprint density at radius 3 is 2.29 bits per heavy atom. The summed E-state index contributed by atoms with van der Waals surface area (Å²) in [4.78, 5) is 0. The zero-order chi connectivity index (χ0) is 19.8. The lowest BCUT2D eigenvalue weighted by atomic mass is 9.61. The summed E-state index contributed by atoms with van der Waals surface area (Å²) in [6.07, 6.45) is 17.1. The van der Waals surface area contributed by atoms with E-state index in [2.05, 4.69) is 55.5 Å².